The van der Waals surface area contributed by atoms with E-state index >= 15 is 0 Å². The number of nitrogens with one attached hydrogen (secondary N) is 1. The van der Waals surface area contributed by atoms with Crippen LogP contribution in [0.4, 0.5) is 5.69 Å². The third kappa shape index (κ3) is 4.57. The van der Waals surface area contributed by atoms with Crippen LogP contribution in [0.1, 0.15) is 58.9 Å². The van der Waals surface area contributed by atoms with E-state index in [2.05, 4.69) is 50.0 Å². The van der Waals surface area contributed by atoms with Gasteiger partial charge in [0.2, 0.25) is 5.91 Å². The van der Waals surface area contributed by atoms with Crippen LogP contribution in [0.25, 0.3) is 0 Å². The summed E-state index contributed by atoms with van der Waals surface area (Å²) in [6, 6.07) is 8.79. The highest BCUT2D eigenvalue weighted by atomic mass is 16.2. The van der Waals surface area contributed by atoms with Crippen molar-refractivity contribution >= 4 is 11.6 Å². The number of benzene rings is 1. The monoisotopic (exact) mass is 302 g/mol. The number of piperidine rings is 1. The Hall–Kier alpha value is -1.35. The Labute approximate surface area is 135 Å². The number of likely N-dealkylation sites (tertiary alicyclic amines) is 1. The van der Waals surface area contributed by atoms with Gasteiger partial charge in [-0.3, -0.25) is 9.69 Å². The Morgan fingerprint density at radius 1 is 1.23 bits per heavy atom. The first-order valence-corrected chi connectivity index (χ1v) is 8.54. The van der Waals surface area contributed by atoms with Crippen molar-refractivity contribution in [1.82, 2.24) is 4.90 Å². The summed E-state index contributed by atoms with van der Waals surface area (Å²) in [7, 11) is 0. The van der Waals surface area contributed by atoms with Gasteiger partial charge < -0.3 is 5.32 Å². The predicted octanol–water partition coefficient (Wildman–Crippen LogP) is 4.19. The van der Waals surface area contributed by atoms with Crippen LogP contribution in [0.5, 0.6) is 0 Å². The van der Waals surface area contributed by atoms with Gasteiger partial charge in [-0.2, -0.15) is 0 Å². The minimum Gasteiger partial charge on any atom is -0.325 e. The number of amides is 1. The fraction of sp³-hybridized carbons (Fsp3) is 0.632. The summed E-state index contributed by atoms with van der Waals surface area (Å²) in [6.07, 6.45) is 4.87. The molecule has 1 fully saturated rings. The van der Waals surface area contributed by atoms with Gasteiger partial charge in [-0.25, -0.2) is 0 Å². The van der Waals surface area contributed by atoms with Crippen LogP contribution in [-0.2, 0) is 10.2 Å². The van der Waals surface area contributed by atoms with Crippen molar-refractivity contribution in [1.29, 1.82) is 0 Å². The Balaban J connectivity index is 1.91. The summed E-state index contributed by atoms with van der Waals surface area (Å²) in [5, 5.41) is 3.03. The Morgan fingerprint density at radius 3 is 2.50 bits per heavy atom. The highest BCUT2D eigenvalue weighted by Crippen LogP contribution is 2.23. The number of hydrogen-bond donors (Lipinski definition) is 1. The van der Waals surface area contributed by atoms with Gasteiger partial charge in [0, 0.05) is 11.7 Å². The zero-order chi connectivity index (χ0) is 16.2. The second-order valence-corrected chi connectivity index (χ2v) is 7.40. The van der Waals surface area contributed by atoms with Crippen molar-refractivity contribution in [3.05, 3.63) is 29.8 Å². The first-order valence-electron chi connectivity index (χ1n) is 8.54. The van der Waals surface area contributed by atoms with Crippen molar-refractivity contribution < 1.29 is 4.79 Å². The minimum atomic E-state index is 0.101. The van der Waals surface area contributed by atoms with Gasteiger partial charge in [0.1, 0.15) is 0 Å². The number of carbonyl (C=O) groups is 1. The van der Waals surface area contributed by atoms with Crippen LogP contribution in [0, 0.1) is 0 Å². The van der Waals surface area contributed by atoms with E-state index in [4.69, 9.17) is 0 Å². The maximum atomic E-state index is 12.3. The smallest absolute Gasteiger partial charge is 0.238 e. The van der Waals surface area contributed by atoms with Gasteiger partial charge in [-0.15, -0.1) is 0 Å². The summed E-state index contributed by atoms with van der Waals surface area (Å²) < 4.78 is 0. The molecule has 1 aromatic rings. The molecular formula is C19H30N2O. The molecule has 0 spiro atoms. The molecule has 1 aliphatic rings. The molecule has 1 saturated heterocycles. The molecule has 2 rings (SSSR count). The normalized spacial score (nSPS) is 19.9. The molecule has 1 aromatic carbocycles. The third-order valence-electron chi connectivity index (χ3n) is 4.60. The molecule has 0 bridgehead atoms. The molecular weight excluding hydrogens is 272 g/mol. The van der Waals surface area contributed by atoms with Crippen LogP contribution >= 0.6 is 0 Å². The van der Waals surface area contributed by atoms with Crippen molar-refractivity contribution in [2.75, 3.05) is 18.4 Å². The van der Waals surface area contributed by atoms with E-state index < -0.39 is 0 Å². The second-order valence-electron chi connectivity index (χ2n) is 7.40. The molecule has 0 radical (unpaired) electrons. The first-order chi connectivity index (χ1) is 10.4. The summed E-state index contributed by atoms with van der Waals surface area (Å²) in [5.74, 6) is 0.101. The van der Waals surface area contributed by atoms with Crippen molar-refractivity contribution in [2.24, 2.45) is 0 Å². The van der Waals surface area contributed by atoms with Crippen molar-refractivity contribution in [3.8, 4) is 0 Å². The van der Waals surface area contributed by atoms with E-state index in [0.717, 1.165) is 18.7 Å². The molecule has 0 aliphatic carbocycles. The van der Waals surface area contributed by atoms with Crippen LogP contribution in [0.2, 0.25) is 0 Å². The SMILES string of the molecule is CCC1CCCCN1CC(=O)Nc1ccc(C(C)(C)C)cc1. The van der Waals surface area contributed by atoms with Gasteiger partial charge in [-0.1, -0.05) is 46.2 Å². The summed E-state index contributed by atoms with van der Waals surface area (Å²) in [5.41, 5.74) is 2.32. The number of rotatable bonds is 4. The van der Waals surface area contributed by atoms with Crippen LogP contribution < -0.4 is 5.32 Å². The maximum absolute atomic E-state index is 12.3. The summed E-state index contributed by atoms with van der Waals surface area (Å²) in [4.78, 5) is 14.6. The number of carbonyl (C=O) groups excluding carboxylic acids is 1. The lowest BCUT2D eigenvalue weighted by molar-refractivity contribution is -0.118. The Bertz CT molecular complexity index is 487. The Kier molecular flexibility index (Phi) is 5.63. The lowest BCUT2D eigenvalue weighted by Gasteiger charge is -2.34. The summed E-state index contributed by atoms with van der Waals surface area (Å²) >= 11 is 0. The first kappa shape index (κ1) is 17.0. The van der Waals surface area contributed by atoms with Crippen molar-refractivity contribution in [3.63, 3.8) is 0 Å². The predicted molar refractivity (Wildman–Crippen MR) is 93.3 cm³/mol. The average molecular weight is 302 g/mol. The fourth-order valence-electron chi connectivity index (χ4n) is 3.17. The number of hydrogen-bond acceptors (Lipinski definition) is 2. The molecule has 1 amide bonds. The summed E-state index contributed by atoms with van der Waals surface area (Å²) in [6.45, 7) is 10.4. The van der Waals surface area contributed by atoms with Crippen LogP contribution in [0.3, 0.4) is 0 Å². The lowest BCUT2D eigenvalue weighted by atomic mass is 9.87. The lowest BCUT2D eigenvalue weighted by Crippen LogP contribution is -2.43. The molecule has 3 heteroatoms. The maximum Gasteiger partial charge on any atom is 0.238 e. The van der Waals surface area contributed by atoms with E-state index in [1.807, 2.05) is 12.1 Å². The molecule has 1 aliphatic heterocycles. The standard InChI is InChI=1S/C19H30N2O/c1-5-17-8-6-7-13-21(17)14-18(22)20-16-11-9-15(10-12-16)19(2,3)4/h9-12,17H,5-8,13-14H2,1-4H3,(H,20,22). The van der Waals surface area contributed by atoms with Crippen LogP contribution in [0.15, 0.2) is 24.3 Å². The van der Waals surface area contributed by atoms with Gasteiger partial charge in [0.25, 0.3) is 0 Å². The number of nitrogens with zero attached hydrogens (tertiary/aromatic N) is 1. The second kappa shape index (κ2) is 7.28. The quantitative estimate of drug-likeness (QED) is 0.904. The van der Waals surface area contributed by atoms with E-state index in [9.17, 15) is 4.79 Å². The molecule has 122 valence electrons. The van der Waals surface area contributed by atoms with Crippen LogP contribution in [-0.4, -0.2) is 29.9 Å². The zero-order valence-corrected chi connectivity index (χ0v) is 14.5. The molecule has 1 atom stereocenters. The molecule has 1 N–H and O–H groups in total. The molecule has 22 heavy (non-hydrogen) atoms. The third-order valence-corrected chi connectivity index (χ3v) is 4.60. The largest absolute Gasteiger partial charge is 0.325 e. The van der Waals surface area contributed by atoms with Gasteiger partial charge in [0.15, 0.2) is 0 Å². The highest BCUT2D eigenvalue weighted by molar-refractivity contribution is 5.92. The van der Waals surface area contributed by atoms with E-state index in [1.165, 1.54) is 24.8 Å². The molecule has 3 nitrogen and oxygen atoms in total. The fourth-order valence-corrected chi connectivity index (χ4v) is 3.17. The number of anilines is 1. The molecule has 0 aromatic heterocycles. The van der Waals surface area contributed by atoms with Gasteiger partial charge >= 0.3 is 0 Å². The van der Waals surface area contributed by atoms with Gasteiger partial charge in [0.05, 0.1) is 6.54 Å². The van der Waals surface area contributed by atoms with E-state index in [-0.39, 0.29) is 11.3 Å². The van der Waals surface area contributed by atoms with Crippen molar-refractivity contribution in [2.45, 2.75) is 64.8 Å². The molecule has 0 saturated carbocycles. The topological polar surface area (TPSA) is 32.3 Å². The van der Waals surface area contributed by atoms with E-state index in [0.29, 0.717) is 12.6 Å². The highest BCUT2D eigenvalue weighted by Gasteiger charge is 2.22. The van der Waals surface area contributed by atoms with E-state index in [1.54, 1.807) is 0 Å². The Morgan fingerprint density at radius 2 is 1.91 bits per heavy atom. The average Bonchev–Trinajstić information content (AvgIpc) is 2.47. The van der Waals surface area contributed by atoms with Gasteiger partial charge in [-0.05, 0) is 48.9 Å². The molecule has 1 unspecified atom stereocenters. The minimum absolute atomic E-state index is 0.101. The molecule has 1 heterocycles. The zero-order valence-electron chi connectivity index (χ0n) is 14.5.